The molecule has 0 aliphatic carbocycles. The van der Waals surface area contributed by atoms with Crippen LogP contribution in [0.25, 0.3) is 0 Å². The highest BCUT2D eigenvalue weighted by Gasteiger charge is 2.28. The molecule has 2 rings (SSSR count). The molecule has 3 nitrogen and oxygen atoms in total. The first kappa shape index (κ1) is 31.1. The predicted molar refractivity (Wildman–Crippen MR) is 154 cm³/mol. The van der Waals surface area contributed by atoms with Gasteiger partial charge in [-0.2, -0.15) is 11.8 Å². The largest absolute Gasteiger partial charge is 0.507 e. The summed E-state index contributed by atoms with van der Waals surface area (Å²) in [5, 5.41) is 20.8. The third-order valence-corrected chi connectivity index (χ3v) is 6.53. The molecule has 0 atom stereocenters. The van der Waals surface area contributed by atoms with Crippen molar-refractivity contribution < 1.29 is 15.0 Å². The second kappa shape index (κ2) is 11.0. The summed E-state index contributed by atoms with van der Waals surface area (Å²) < 4.78 is 0. The van der Waals surface area contributed by atoms with E-state index >= 15 is 0 Å². The van der Waals surface area contributed by atoms with Gasteiger partial charge in [0.2, 0.25) is 0 Å². The smallest absolute Gasteiger partial charge is 0.172 e. The van der Waals surface area contributed by atoms with Gasteiger partial charge in [0, 0.05) is 16.7 Å². The topological polar surface area (TPSA) is 57.5 Å². The van der Waals surface area contributed by atoms with Gasteiger partial charge in [0.15, 0.2) is 5.78 Å². The maximum absolute atomic E-state index is 12.2. The van der Waals surface area contributed by atoms with Crippen LogP contribution in [0.1, 0.15) is 116 Å². The molecule has 0 amide bonds. The Hall–Kier alpha value is -1.94. The zero-order valence-electron chi connectivity index (χ0n) is 24.3. The van der Waals surface area contributed by atoms with Gasteiger partial charge < -0.3 is 10.2 Å². The van der Waals surface area contributed by atoms with E-state index in [0.29, 0.717) is 22.8 Å². The molecule has 2 N–H and O–H groups in total. The number of phenols is 2. The van der Waals surface area contributed by atoms with Crippen molar-refractivity contribution in [3.05, 3.63) is 58.1 Å². The molecule has 0 aromatic heterocycles. The van der Waals surface area contributed by atoms with Gasteiger partial charge in [-0.05, 0) is 51.2 Å². The monoisotopic (exact) mass is 500 g/mol. The summed E-state index contributed by atoms with van der Waals surface area (Å²) in [4.78, 5) is 12.2. The molecule has 2 aromatic carbocycles. The summed E-state index contributed by atoms with van der Waals surface area (Å²) in [6.07, 6.45) is 1.92. The molecule has 0 radical (unpaired) electrons. The Labute approximate surface area is 218 Å². The molecule has 0 aliphatic rings. The average Bonchev–Trinajstić information content (AvgIpc) is 2.65. The molecule has 196 valence electrons. The second-order valence-electron chi connectivity index (χ2n) is 13.5. The molecule has 35 heavy (non-hydrogen) atoms. The van der Waals surface area contributed by atoms with Gasteiger partial charge in [0.05, 0.1) is 5.75 Å². The first-order chi connectivity index (χ1) is 15.6. The van der Waals surface area contributed by atoms with Gasteiger partial charge in [-0.15, -0.1) is 0 Å². The first-order valence-corrected chi connectivity index (χ1v) is 13.7. The third-order valence-electron chi connectivity index (χ3n) is 5.98. The van der Waals surface area contributed by atoms with Gasteiger partial charge >= 0.3 is 0 Å². The van der Waals surface area contributed by atoms with E-state index in [1.54, 1.807) is 0 Å². The van der Waals surface area contributed by atoms with Crippen LogP contribution in [0.5, 0.6) is 11.5 Å². The van der Waals surface area contributed by atoms with Gasteiger partial charge in [0.25, 0.3) is 0 Å². The number of para-hydroxylation sites is 1. The Morgan fingerprint density at radius 1 is 0.657 bits per heavy atom. The van der Waals surface area contributed by atoms with Crippen LogP contribution in [-0.2, 0) is 21.7 Å². The summed E-state index contributed by atoms with van der Waals surface area (Å²) in [6.45, 7) is 25.0. The lowest BCUT2D eigenvalue weighted by molar-refractivity contribution is 0.102. The highest BCUT2D eigenvalue weighted by molar-refractivity contribution is 7.99. The Balaban J connectivity index is 0.000000365. The Morgan fingerprint density at radius 2 is 0.971 bits per heavy atom. The standard InChI is InChI=1S/C17H26O2S.C14H22O/c1-16(2,3)12-8-11(14(18)10-20-7)9-13(15(12)19)17(4,5)6;1-13(2,3)10-8-7-9-11(12(10)15)14(4,5)6/h8-9,19H,10H2,1-7H3;7-9,15H,1-6H3. The quantitative estimate of drug-likeness (QED) is 0.415. The molecule has 0 aliphatic heterocycles. The lowest BCUT2D eigenvalue weighted by atomic mass is 9.78. The number of hydrogen-bond acceptors (Lipinski definition) is 4. The Bertz CT molecular complexity index is 956. The van der Waals surface area contributed by atoms with Crippen molar-refractivity contribution in [2.24, 2.45) is 0 Å². The molecule has 0 saturated carbocycles. The maximum atomic E-state index is 12.2. The molecule has 2 aromatic rings. The van der Waals surface area contributed by atoms with Crippen molar-refractivity contribution >= 4 is 17.5 Å². The molecule has 0 heterocycles. The van der Waals surface area contributed by atoms with Crippen LogP contribution in [0, 0.1) is 0 Å². The number of thioether (sulfide) groups is 1. The van der Waals surface area contributed by atoms with Crippen molar-refractivity contribution in [1.29, 1.82) is 0 Å². The van der Waals surface area contributed by atoms with Crippen molar-refractivity contribution in [3.8, 4) is 11.5 Å². The number of benzene rings is 2. The van der Waals surface area contributed by atoms with Crippen molar-refractivity contribution in [3.63, 3.8) is 0 Å². The summed E-state index contributed by atoms with van der Waals surface area (Å²) in [6, 6.07) is 9.74. The molecule has 0 spiro atoms. The highest BCUT2D eigenvalue weighted by atomic mass is 32.2. The second-order valence-corrected chi connectivity index (χ2v) is 14.3. The normalized spacial score (nSPS) is 12.7. The van der Waals surface area contributed by atoms with Crippen LogP contribution in [0.3, 0.4) is 0 Å². The number of phenolic OH excluding ortho intramolecular Hbond substituents is 2. The minimum absolute atomic E-state index is 0.00859. The summed E-state index contributed by atoms with van der Waals surface area (Å²) >= 11 is 1.52. The van der Waals surface area contributed by atoms with E-state index in [0.717, 1.165) is 22.3 Å². The molecular weight excluding hydrogens is 452 g/mol. The van der Waals surface area contributed by atoms with Crippen molar-refractivity contribution in [2.75, 3.05) is 12.0 Å². The number of aromatic hydroxyl groups is 2. The summed E-state index contributed by atoms with van der Waals surface area (Å²) in [7, 11) is 0. The van der Waals surface area contributed by atoms with E-state index in [1.165, 1.54) is 11.8 Å². The lowest BCUT2D eigenvalue weighted by Gasteiger charge is -2.28. The van der Waals surface area contributed by atoms with E-state index in [1.807, 2.05) is 36.6 Å². The number of carbonyl (C=O) groups excluding carboxylic acids is 1. The minimum atomic E-state index is -0.195. The Kier molecular flexibility index (Phi) is 9.76. The van der Waals surface area contributed by atoms with Crippen LogP contribution in [0.4, 0.5) is 0 Å². The summed E-state index contributed by atoms with van der Waals surface area (Å²) in [5.74, 6) is 1.37. The highest BCUT2D eigenvalue weighted by Crippen LogP contribution is 2.40. The molecular formula is C31H48O3S. The zero-order valence-corrected chi connectivity index (χ0v) is 25.1. The fourth-order valence-corrected chi connectivity index (χ4v) is 4.34. The van der Waals surface area contributed by atoms with E-state index in [9.17, 15) is 15.0 Å². The van der Waals surface area contributed by atoms with Gasteiger partial charge in [0.1, 0.15) is 11.5 Å². The van der Waals surface area contributed by atoms with Crippen LogP contribution in [0.2, 0.25) is 0 Å². The number of hydrogen-bond donors (Lipinski definition) is 2. The van der Waals surface area contributed by atoms with E-state index in [4.69, 9.17) is 0 Å². The predicted octanol–water partition coefficient (Wildman–Crippen LogP) is 8.52. The van der Waals surface area contributed by atoms with Crippen LogP contribution in [0.15, 0.2) is 30.3 Å². The van der Waals surface area contributed by atoms with Crippen molar-refractivity contribution in [1.82, 2.24) is 0 Å². The fraction of sp³-hybridized carbons (Fsp3) is 0.581. The lowest BCUT2D eigenvalue weighted by Crippen LogP contribution is -2.19. The Morgan fingerprint density at radius 3 is 1.26 bits per heavy atom. The molecule has 4 heteroatoms. The number of rotatable bonds is 3. The minimum Gasteiger partial charge on any atom is -0.507 e. The number of Topliss-reactive ketones (excluding diaryl/α,β-unsaturated/α-hetero) is 1. The van der Waals surface area contributed by atoms with Crippen LogP contribution in [-0.4, -0.2) is 28.0 Å². The summed E-state index contributed by atoms with van der Waals surface area (Å²) in [5.41, 5.74) is 4.02. The van der Waals surface area contributed by atoms with Gasteiger partial charge in [-0.25, -0.2) is 0 Å². The molecule has 0 saturated heterocycles. The van der Waals surface area contributed by atoms with Crippen LogP contribution < -0.4 is 0 Å². The van der Waals surface area contributed by atoms with Gasteiger partial charge in [-0.3, -0.25) is 4.79 Å². The molecule has 0 unspecified atom stereocenters. The number of ketones is 1. The van der Waals surface area contributed by atoms with E-state index in [-0.39, 0.29) is 27.4 Å². The van der Waals surface area contributed by atoms with Crippen molar-refractivity contribution in [2.45, 2.75) is 105 Å². The third kappa shape index (κ3) is 8.31. The molecule has 0 bridgehead atoms. The van der Waals surface area contributed by atoms with E-state index in [2.05, 4.69) is 83.1 Å². The average molecular weight is 501 g/mol. The zero-order chi connectivity index (χ0) is 27.6. The van der Waals surface area contributed by atoms with E-state index < -0.39 is 0 Å². The fourth-order valence-electron chi connectivity index (χ4n) is 3.91. The number of carbonyl (C=O) groups is 1. The van der Waals surface area contributed by atoms with Gasteiger partial charge in [-0.1, -0.05) is 101 Å². The first-order valence-electron chi connectivity index (χ1n) is 12.4. The van der Waals surface area contributed by atoms with Crippen LogP contribution >= 0.6 is 11.8 Å². The SMILES string of the molecule is CC(C)(C)c1cccc(C(C)(C)C)c1O.CSCC(=O)c1cc(C(C)(C)C)c(O)c(C(C)(C)C)c1. The maximum Gasteiger partial charge on any atom is 0.172 e. The molecule has 0 fully saturated rings.